The zero-order valence-electron chi connectivity index (χ0n) is 23.0. The third-order valence-electron chi connectivity index (χ3n) is 6.81. The molecule has 4 aromatic rings. The van der Waals surface area contributed by atoms with Gasteiger partial charge in [-0.25, -0.2) is 0 Å². The minimum Gasteiger partial charge on any atom is -0.197 e. The molecule has 4 heteroatoms. The van der Waals surface area contributed by atoms with E-state index in [1.165, 1.54) is 53.4 Å². The molecule has 0 saturated heterocycles. The summed E-state index contributed by atoms with van der Waals surface area (Å²) in [6.07, 6.45) is 0.891. The maximum absolute atomic E-state index is 2.38. The molecule has 0 aromatic carbocycles. The molecule has 0 radical (unpaired) electrons. The Labute approximate surface area is 219 Å². The fraction of sp³-hybridized carbons (Fsp3) is 0.419. The van der Waals surface area contributed by atoms with Crippen molar-refractivity contribution < 1.29 is 9.13 Å². The van der Waals surface area contributed by atoms with Crippen LogP contribution in [0.5, 0.6) is 0 Å². The molecule has 35 heavy (non-hydrogen) atoms. The maximum Gasteiger partial charge on any atom is 0.222 e. The molecule has 0 aliphatic heterocycles. The van der Waals surface area contributed by atoms with Gasteiger partial charge in [-0.05, 0) is 60.1 Å². The maximum atomic E-state index is 2.38. The summed E-state index contributed by atoms with van der Waals surface area (Å²) in [6.45, 7) is 18.3. The Kier molecular flexibility index (Phi) is 6.85. The zero-order valence-corrected chi connectivity index (χ0v) is 24.7. The number of aromatic nitrogens is 2. The lowest BCUT2D eigenvalue weighted by Gasteiger charge is -2.15. The number of thiophene rings is 2. The summed E-state index contributed by atoms with van der Waals surface area (Å²) in [4.78, 5) is 5.63. The summed E-state index contributed by atoms with van der Waals surface area (Å²) in [5, 5.41) is 0. The minimum absolute atomic E-state index is 0.171. The van der Waals surface area contributed by atoms with Crippen molar-refractivity contribution in [2.45, 2.75) is 72.6 Å². The molecule has 0 aliphatic carbocycles. The molecule has 0 atom stereocenters. The highest BCUT2D eigenvalue weighted by Crippen LogP contribution is 2.38. The highest BCUT2D eigenvalue weighted by Gasteiger charge is 2.26. The number of nitrogens with zero attached hydrogens (tertiary/aromatic N) is 2. The molecule has 4 heterocycles. The van der Waals surface area contributed by atoms with Gasteiger partial charge in [0.1, 0.15) is 30.3 Å². The molecule has 0 N–H and O–H groups in total. The van der Waals surface area contributed by atoms with E-state index in [4.69, 9.17) is 0 Å². The van der Waals surface area contributed by atoms with Crippen LogP contribution in [0.25, 0.3) is 21.1 Å². The van der Waals surface area contributed by atoms with Gasteiger partial charge in [-0.1, -0.05) is 41.5 Å². The van der Waals surface area contributed by atoms with Crippen molar-refractivity contribution in [3.63, 3.8) is 0 Å². The van der Waals surface area contributed by atoms with Crippen LogP contribution in [-0.4, -0.2) is 0 Å². The molecule has 4 rings (SSSR count). The zero-order chi connectivity index (χ0) is 25.7. The van der Waals surface area contributed by atoms with Crippen LogP contribution in [0.15, 0.2) is 48.5 Å². The molecule has 2 nitrogen and oxygen atoms in total. The van der Waals surface area contributed by atoms with Crippen LogP contribution in [0.1, 0.15) is 73.8 Å². The van der Waals surface area contributed by atoms with Crippen LogP contribution >= 0.6 is 22.7 Å². The summed E-state index contributed by atoms with van der Waals surface area (Å²) in [5.74, 6) is 0. The number of aryl methyl sites for hydroxylation is 2. The second-order valence-electron chi connectivity index (χ2n) is 11.8. The Morgan fingerprint density at radius 1 is 0.629 bits per heavy atom. The van der Waals surface area contributed by atoms with E-state index in [9.17, 15) is 0 Å². The van der Waals surface area contributed by atoms with Crippen LogP contribution in [0.4, 0.5) is 0 Å². The molecule has 0 spiro atoms. The standard InChI is InChI=1S/C31H40N2S2/c1-20-17-26(30(3,4)5)34-28(20)24-15-11-13-22(32(24)9)19-23-14-12-16-25(33(23)10)29-21(2)18-27(35-29)31(6,7)8/h11-18H,19H2,1-10H3/q+2. The van der Waals surface area contributed by atoms with Gasteiger partial charge in [-0.3, -0.25) is 0 Å². The molecule has 0 fully saturated rings. The number of hydrogen-bond acceptors (Lipinski definition) is 2. The number of pyridine rings is 2. The lowest BCUT2D eigenvalue weighted by molar-refractivity contribution is -0.680. The Bertz CT molecular complexity index is 1270. The largest absolute Gasteiger partial charge is 0.222 e. The molecular weight excluding hydrogens is 464 g/mol. The van der Waals surface area contributed by atoms with Gasteiger partial charge in [-0.2, -0.15) is 9.13 Å². The van der Waals surface area contributed by atoms with E-state index < -0.39 is 0 Å². The average molecular weight is 505 g/mol. The van der Waals surface area contributed by atoms with Crippen molar-refractivity contribution in [1.82, 2.24) is 0 Å². The average Bonchev–Trinajstić information content (AvgIpc) is 3.34. The summed E-state index contributed by atoms with van der Waals surface area (Å²) in [7, 11) is 4.42. The van der Waals surface area contributed by atoms with Gasteiger partial charge in [-0.15, -0.1) is 22.7 Å². The van der Waals surface area contributed by atoms with E-state index in [-0.39, 0.29) is 10.8 Å². The van der Waals surface area contributed by atoms with E-state index in [0.717, 1.165) is 6.42 Å². The molecule has 0 bridgehead atoms. The van der Waals surface area contributed by atoms with E-state index in [0.29, 0.717) is 0 Å². The Morgan fingerprint density at radius 2 is 1.00 bits per heavy atom. The highest BCUT2D eigenvalue weighted by molar-refractivity contribution is 7.16. The number of rotatable bonds is 4. The van der Waals surface area contributed by atoms with Gasteiger partial charge in [0.15, 0.2) is 11.4 Å². The second-order valence-corrected chi connectivity index (χ2v) is 13.9. The fourth-order valence-corrected chi connectivity index (χ4v) is 7.05. The van der Waals surface area contributed by atoms with Gasteiger partial charge in [0.25, 0.3) is 0 Å². The quantitative estimate of drug-likeness (QED) is 0.253. The Hall–Kier alpha value is -2.30. The predicted octanol–water partition coefficient (Wildman–Crippen LogP) is 7.60. The lowest BCUT2D eigenvalue weighted by Crippen LogP contribution is -2.40. The highest BCUT2D eigenvalue weighted by atomic mass is 32.1. The SMILES string of the molecule is Cc1cc(C(C)(C)C)sc1-c1cccc(Cc2cccc(-c3sc(C(C)(C)C)cc3C)[n+]2C)[n+]1C. The Morgan fingerprint density at radius 3 is 1.31 bits per heavy atom. The first-order valence-corrected chi connectivity index (χ1v) is 14.1. The van der Waals surface area contributed by atoms with E-state index in [1.807, 2.05) is 22.7 Å². The third-order valence-corrected chi connectivity index (χ3v) is 10.2. The van der Waals surface area contributed by atoms with Crippen molar-refractivity contribution in [2.24, 2.45) is 14.1 Å². The predicted molar refractivity (Wildman–Crippen MR) is 152 cm³/mol. The first-order valence-electron chi connectivity index (χ1n) is 12.5. The summed E-state index contributed by atoms with van der Waals surface area (Å²) in [5.41, 5.74) is 8.30. The van der Waals surface area contributed by atoms with E-state index >= 15 is 0 Å². The van der Waals surface area contributed by atoms with Crippen molar-refractivity contribution in [1.29, 1.82) is 0 Å². The molecule has 184 valence electrons. The van der Waals surface area contributed by atoms with Gasteiger partial charge >= 0.3 is 0 Å². The van der Waals surface area contributed by atoms with Gasteiger partial charge in [0.05, 0.1) is 0 Å². The van der Waals surface area contributed by atoms with Crippen LogP contribution in [0.2, 0.25) is 0 Å². The molecule has 0 unspecified atom stereocenters. The third kappa shape index (κ3) is 5.15. The number of hydrogen-bond donors (Lipinski definition) is 0. The van der Waals surface area contributed by atoms with Crippen molar-refractivity contribution in [3.05, 3.63) is 80.8 Å². The molecule has 0 saturated carbocycles. The fourth-order valence-electron chi connectivity index (χ4n) is 4.47. The van der Waals surface area contributed by atoms with Crippen LogP contribution in [-0.2, 0) is 31.3 Å². The minimum atomic E-state index is 0.171. The second kappa shape index (κ2) is 9.29. The van der Waals surface area contributed by atoms with E-state index in [1.54, 1.807) is 0 Å². The van der Waals surface area contributed by atoms with Crippen molar-refractivity contribution in [2.75, 3.05) is 0 Å². The normalized spacial score (nSPS) is 12.4. The van der Waals surface area contributed by atoms with Gasteiger partial charge < -0.3 is 0 Å². The topological polar surface area (TPSA) is 7.76 Å². The monoisotopic (exact) mass is 504 g/mol. The Balaban J connectivity index is 1.72. The van der Waals surface area contributed by atoms with Gasteiger partial charge in [0.2, 0.25) is 11.4 Å². The summed E-state index contributed by atoms with van der Waals surface area (Å²) in [6, 6.07) is 18.2. The van der Waals surface area contributed by atoms with Crippen molar-refractivity contribution >= 4 is 22.7 Å². The summed E-state index contributed by atoms with van der Waals surface area (Å²) < 4.78 is 4.76. The molecule has 0 aliphatic rings. The summed E-state index contributed by atoms with van der Waals surface area (Å²) >= 11 is 3.87. The van der Waals surface area contributed by atoms with Crippen molar-refractivity contribution in [3.8, 4) is 21.1 Å². The van der Waals surface area contributed by atoms with Crippen LogP contribution in [0.3, 0.4) is 0 Å². The van der Waals surface area contributed by atoms with Gasteiger partial charge in [0, 0.05) is 34.0 Å². The smallest absolute Gasteiger partial charge is 0.197 e. The first kappa shape index (κ1) is 25.8. The van der Waals surface area contributed by atoms with Crippen LogP contribution < -0.4 is 9.13 Å². The molecule has 0 amide bonds. The van der Waals surface area contributed by atoms with E-state index in [2.05, 4.69) is 127 Å². The lowest BCUT2D eigenvalue weighted by atomic mass is 9.94. The first-order chi connectivity index (χ1) is 16.3. The van der Waals surface area contributed by atoms with Crippen LogP contribution in [0, 0.1) is 13.8 Å². The molecule has 4 aromatic heterocycles. The molecular formula is C31H40N2S2+2.